The monoisotopic (exact) mass is 232 g/mol. The number of nitrogens with zero attached hydrogens (tertiary/aromatic N) is 2. The Hall–Kier alpha value is -2.21. The molecule has 6 heteroatoms. The second-order valence-corrected chi connectivity index (χ2v) is 3.44. The van der Waals surface area contributed by atoms with E-state index in [-0.39, 0.29) is 11.6 Å². The maximum absolute atomic E-state index is 11.7. The first-order valence-corrected chi connectivity index (χ1v) is 5.04. The molecule has 0 aliphatic rings. The van der Waals surface area contributed by atoms with E-state index in [0.29, 0.717) is 12.3 Å². The summed E-state index contributed by atoms with van der Waals surface area (Å²) in [6.45, 7) is 0.508. The predicted molar refractivity (Wildman–Crippen MR) is 61.5 cm³/mol. The van der Waals surface area contributed by atoms with E-state index in [1.807, 2.05) is 18.2 Å². The summed E-state index contributed by atoms with van der Waals surface area (Å²) in [6.07, 6.45) is 1.37. The second kappa shape index (κ2) is 5.22. The standard InChI is InChI=1S/C11H12N4O2/c1-17-7-8-3-2-4-9(5-8)13-11(16)10-6-12-15-14-10/h2-6H,7H2,1H3,(H,13,16)(H,12,14,15). The molecule has 0 atom stereocenters. The molecular weight excluding hydrogens is 220 g/mol. The van der Waals surface area contributed by atoms with E-state index in [9.17, 15) is 4.79 Å². The second-order valence-electron chi connectivity index (χ2n) is 3.44. The summed E-state index contributed by atoms with van der Waals surface area (Å²) in [5.74, 6) is -0.298. The van der Waals surface area contributed by atoms with E-state index in [1.165, 1.54) is 6.20 Å². The van der Waals surface area contributed by atoms with Gasteiger partial charge in [-0.15, -0.1) is 0 Å². The van der Waals surface area contributed by atoms with E-state index in [1.54, 1.807) is 13.2 Å². The molecule has 0 bridgehead atoms. The van der Waals surface area contributed by atoms with Gasteiger partial charge in [0.2, 0.25) is 0 Å². The maximum atomic E-state index is 11.7. The molecule has 17 heavy (non-hydrogen) atoms. The zero-order chi connectivity index (χ0) is 12.1. The fourth-order valence-corrected chi connectivity index (χ4v) is 1.41. The maximum Gasteiger partial charge on any atom is 0.277 e. The van der Waals surface area contributed by atoms with Gasteiger partial charge in [0.15, 0.2) is 5.69 Å². The SMILES string of the molecule is COCc1cccc(NC(=O)c2cn[nH]n2)c1. The van der Waals surface area contributed by atoms with Crippen LogP contribution in [0.4, 0.5) is 5.69 Å². The van der Waals surface area contributed by atoms with Crippen LogP contribution in [0, 0.1) is 0 Å². The molecule has 0 aliphatic carbocycles. The van der Waals surface area contributed by atoms with Crippen molar-refractivity contribution in [1.29, 1.82) is 0 Å². The Bertz CT molecular complexity index is 496. The van der Waals surface area contributed by atoms with Crippen LogP contribution in [0.3, 0.4) is 0 Å². The van der Waals surface area contributed by atoms with Gasteiger partial charge in [0.05, 0.1) is 12.8 Å². The van der Waals surface area contributed by atoms with Gasteiger partial charge in [-0.2, -0.15) is 15.4 Å². The lowest BCUT2D eigenvalue weighted by atomic mass is 10.2. The van der Waals surface area contributed by atoms with Gasteiger partial charge in [-0.3, -0.25) is 4.79 Å². The number of rotatable bonds is 4. The van der Waals surface area contributed by atoms with Crippen LogP contribution in [0.25, 0.3) is 0 Å². The molecule has 1 aromatic carbocycles. The number of hydrogen-bond acceptors (Lipinski definition) is 4. The quantitative estimate of drug-likeness (QED) is 0.830. The molecule has 88 valence electrons. The highest BCUT2D eigenvalue weighted by atomic mass is 16.5. The van der Waals surface area contributed by atoms with Gasteiger partial charge in [-0.05, 0) is 17.7 Å². The number of methoxy groups -OCH3 is 1. The molecule has 1 heterocycles. The molecule has 6 nitrogen and oxygen atoms in total. The Kier molecular flexibility index (Phi) is 3.46. The van der Waals surface area contributed by atoms with E-state index >= 15 is 0 Å². The smallest absolute Gasteiger partial charge is 0.277 e. The summed E-state index contributed by atoms with van der Waals surface area (Å²) in [5, 5.41) is 12.4. The third-order valence-corrected chi connectivity index (χ3v) is 2.14. The summed E-state index contributed by atoms with van der Waals surface area (Å²) in [7, 11) is 1.63. The molecule has 0 saturated heterocycles. The van der Waals surface area contributed by atoms with Crippen molar-refractivity contribution in [3.05, 3.63) is 41.7 Å². The van der Waals surface area contributed by atoms with Crippen molar-refractivity contribution >= 4 is 11.6 Å². The summed E-state index contributed by atoms with van der Waals surface area (Å²) >= 11 is 0. The van der Waals surface area contributed by atoms with Gasteiger partial charge in [0.1, 0.15) is 0 Å². The van der Waals surface area contributed by atoms with Gasteiger partial charge in [0, 0.05) is 12.8 Å². The van der Waals surface area contributed by atoms with Crippen molar-refractivity contribution < 1.29 is 9.53 Å². The highest BCUT2D eigenvalue weighted by Gasteiger charge is 2.08. The molecule has 0 radical (unpaired) electrons. The zero-order valence-corrected chi connectivity index (χ0v) is 9.30. The van der Waals surface area contributed by atoms with Crippen LogP contribution in [0.15, 0.2) is 30.5 Å². The minimum Gasteiger partial charge on any atom is -0.380 e. The lowest BCUT2D eigenvalue weighted by Gasteiger charge is -2.05. The van der Waals surface area contributed by atoms with Crippen LogP contribution < -0.4 is 5.32 Å². The van der Waals surface area contributed by atoms with Crippen LogP contribution >= 0.6 is 0 Å². The highest BCUT2D eigenvalue weighted by Crippen LogP contribution is 2.12. The Morgan fingerprint density at radius 1 is 1.53 bits per heavy atom. The molecule has 2 N–H and O–H groups in total. The summed E-state index contributed by atoms with van der Waals surface area (Å²) < 4.78 is 5.02. The Morgan fingerprint density at radius 2 is 2.41 bits per heavy atom. The van der Waals surface area contributed by atoms with E-state index in [4.69, 9.17) is 4.74 Å². The molecule has 0 saturated carbocycles. The van der Waals surface area contributed by atoms with Crippen LogP contribution in [0.5, 0.6) is 0 Å². The van der Waals surface area contributed by atoms with Gasteiger partial charge < -0.3 is 10.1 Å². The first-order chi connectivity index (χ1) is 8.29. The van der Waals surface area contributed by atoms with Gasteiger partial charge in [-0.1, -0.05) is 12.1 Å². The fourth-order valence-electron chi connectivity index (χ4n) is 1.41. The van der Waals surface area contributed by atoms with Crippen LogP contribution in [-0.2, 0) is 11.3 Å². The molecule has 0 aliphatic heterocycles. The molecule has 0 spiro atoms. The van der Waals surface area contributed by atoms with Gasteiger partial charge >= 0.3 is 0 Å². The third-order valence-electron chi connectivity index (χ3n) is 2.14. The zero-order valence-electron chi connectivity index (χ0n) is 9.30. The Balaban J connectivity index is 2.08. The molecule has 2 rings (SSSR count). The van der Waals surface area contributed by atoms with Crippen molar-refractivity contribution in [2.75, 3.05) is 12.4 Å². The van der Waals surface area contributed by atoms with Crippen molar-refractivity contribution in [3.63, 3.8) is 0 Å². The average Bonchev–Trinajstić information content (AvgIpc) is 2.83. The van der Waals surface area contributed by atoms with Gasteiger partial charge in [-0.25, -0.2) is 0 Å². The van der Waals surface area contributed by atoms with Gasteiger partial charge in [0.25, 0.3) is 5.91 Å². The number of nitrogens with one attached hydrogen (secondary N) is 2. The first kappa shape index (κ1) is 11.3. The Morgan fingerprint density at radius 3 is 3.12 bits per heavy atom. The molecule has 0 unspecified atom stereocenters. The average molecular weight is 232 g/mol. The van der Waals surface area contributed by atoms with Crippen molar-refractivity contribution in [2.45, 2.75) is 6.61 Å². The molecule has 2 aromatic rings. The fraction of sp³-hybridized carbons (Fsp3) is 0.182. The lowest BCUT2D eigenvalue weighted by Crippen LogP contribution is -2.12. The largest absolute Gasteiger partial charge is 0.380 e. The molecular formula is C11H12N4O2. The number of carbonyl (C=O) groups is 1. The number of H-pyrrole nitrogens is 1. The first-order valence-electron chi connectivity index (χ1n) is 5.04. The summed E-state index contributed by atoms with van der Waals surface area (Å²) in [5.41, 5.74) is 1.94. The number of anilines is 1. The number of hydrogen-bond donors (Lipinski definition) is 2. The minimum atomic E-state index is -0.298. The topological polar surface area (TPSA) is 79.9 Å². The number of ether oxygens (including phenoxy) is 1. The summed E-state index contributed by atoms with van der Waals surface area (Å²) in [6, 6.07) is 7.43. The number of aromatic nitrogens is 3. The van der Waals surface area contributed by atoms with Crippen molar-refractivity contribution in [3.8, 4) is 0 Å². The van der Waals surface area contributed by atoms with Crippen LogP contribution in [-0.4, -0.2) is 28.4 Å². The molecule has 1 amide bonds. The lowest BCUT2D eigenvalue weighted by molar-refractivity contribution is 0.102. The van der Waals surface area contributed by atoms with E-state index in [2.05, 4.69) is 20.7 Å². The normalized spacial score (nSPS) is 10.2. The van der Waals surface area contributed by atoms with Crippen LogP contribution in [0.1, 0.15) is 16.1 Å². The number of benzene rings is 1. The predicted octanol–water partition coefficient (Wildman–Crippen LogP) is 1.20. The number of amides is 1. The van der Waals surface area contributed by atoms with Crippen molar-refractivity contribution in [1.82, 2.24) is 15.4 Å². The summed E-state index contributed by atoms with van der Waals surface area (Å²) in [4.78, 5) is 11.7. The third kappa shape index (κ3) is 2.88. The van der Waals surface area contributed by atoms with E-state index < -0.39 is 0 Å². The number of aromatic amines is 1. The molecule has 0 fully saturated rings. The number of carbonyl (C=O) groups excluding carboxylic acids is 1. The van der Waals surface area contributed by atoms with Crippen LogP contribution in [0.2, 0.25) is 0 Å². The Labute approximate surface area is 98.0 Å². The minimum absolute atomic E-state index is 0.252. The van der Waals surface area contributed by atoms with E-state index in [0.717, 1.165) is 5.56 Å². The molecule has 1 aromatic heterocycles. The highest BCUT2D eigenvalue weighted by molar-refractivity contribution is 6.02. The van der Waals surface area contributed by atoms with Crippen molar-refractivity contribution in [2.24, 2.45) is 0 Å².